The number of nitrogens with zero attached hydrogens (tertiary/aromatic N) is 2. The summed E-state index contributed by atoms with van der Waals surface area (Å²) in [4.78, 5) is 21.8. The molecule has 4 rings (SSSR count). The van der Waals surface area contributed by atoms with E-state index in [1.165, 1.54) is 12.1 Å². The van der Waals surface area contributed by atoms with Crippen molar-refractivity contribution < 1.29 is 9.18 Å². The van der Waals surface area contributed by atoms with Crippen molar-refractivity contribution >= 4 is 28.7 Å². The molecule has 23 heavy (non-hydrogen) atoms. The first-order valence-electron chi connectivity index (χ1n) is 7.31. The Balaban J connectivity index is 1.62. The summed E-state index contributed by atoms with van der Waals surface area (Å²) in [7, 11) is 0. The Hall–Kier alpha value is -2.34. The maximum atomic E-state index is 13.1. The van der Waals surface area contributed by atoms with Gasteiger partial charge in [0.2, 0.25) is 5.91 Å². The first-order valence-corrected chi connectivity index (χ1v) is 8.36. The van der Waals surface area contributed by atoms with Gasteiger partial charge in [-0.3, -0.25) is 4.79 Å². The molecule has 1 N–H and O–H groups in total. The number of amides is 1. The van der Waals surface area contributed by atoms with Crippen molar-refractivity contribution in [2.45, 2.75) is 11.9 Å². The maximum Gasteiger partial charge on any atom is 0.234 e. The minimum absolute atomic E-state index is 0.0739. The van der Waals surface area contributed by atoms with Crippen LogP contribution in [-0.2, 0) is 11.3 Å². The third-order valence-electron chi connectivity index (χ3n) is 3.88. The zero-order valence-corrected chi connectivity index (χ0v) is 13.0. The summed E-state index contributed by atoms with van der Waals surface area (Å²) in [5, 5.41) is -0.101. The third kappa shape index (κ3) is 2.70. The highest BCUT2D eigenvalue weighted by molar-refractivity contribution is 8.00. The van der Waals surface area contributed by atoms with Crippen LogP contribution in [0.25, 0.3) is 11.0 Å². The van der Waals surface area contributed by atoms with Gasteiger partial charge in [0.15, 0.2) is 0 Å². The molecule has 1 unspecified atom stereocenters. The molecule has 1 fully saturated rings. The van der Waals surface area contributed by atoms with E-state index in [2.05, 4.69) is 9.97 Å². The second kappa shape index (κ2) is 5.70. The molecule has 1 aromatic heterocycles. The van der Waals surface area contributed by atoms with Gasteiger partial charge < -0.3 is 9.88 Å². The summed E-state index contributed by atoms with van der Waals surface area (Å²) in [6.07, 6.45) is 0. The largest absolute Gasteiger partial charge is 0.340 e. The molecule has 4 nitrogen and oxygen atoms in total. The van der Waals surface area contributed by atoms with Gasteiger partial charge in [-0.1, -0.05) is 24.3 Å². The number of carbonyl (C=O) groups excluding carboxylic acids is 1. The van der Waals surface area contributed by atoms with Crippen molar-refractivity contribution in [2.75, 3.05) is 5.75 Å². The van der Waals surface area contributed by atoms with E-state index >= 15 is 0 Å². The molecule has 1 amide bonds. The molecular formula is C17H14FN3OS. The lowest BCUT2D eigenvalue weighted by Crippen LogP contribution is -2.28. The summed E-state index contributed by atoms with van der Waals surface area (Å²) in [6.45, 7) is 0.419. The summed E-state index contributed by atoms with van der Waals surface area (Å²) in [5.74, 6) is 0.994. The summed E-state index contributed by atoms with van der Waals surface area (Å²) in [5.41, 5.74) is 2.78. The monoisotopic (exact) mass is 327 g/mol. The van der Waals surface area contributed by atoms with E-state index in [9.17, 15) is 9.18 Å². The molecule has 1 aliphatic heterocycles. The molecule has 0 radical (unpaired) electrons. The molecule has 0 saturated carbocycles. The van der Waals surface area contributed by atoms with Crippen LogP contribution in [0.3, 0.4) is 0 Å². The number of halogens is 1. The molecule has 3 aromatic rings. The van der Waals surface area contributed by atoms with E-state index in [4.69, 9.17) is 0 Å². The lowest BCUT2D eigenvalue weighted by Gasteiger charge is -2.23. The number of H-pyrrole nitrogens is 1. The molecule has 0 aliphatic carbocycles. The van der Waals surface area contributed by atoms with Crippen LogP contribution in [0.1, 0.15) is 16.8 Å². The summed E-state index contributed by atoms with van der Waals surface area (Å²) in [6, 6.07) is 14.1. The second-order valence-electron chi connectivity index (χ2n) is 5.44. The average Bonchev–Trinajstić information content (AvgIpc) is 3.12. The number of benzene rings is 2. The highest BCUT2D eigenvalue weighted by Crippen LogP contribution is 2.39. The molecule has 0 spiro atoms. The molecule has 0 bridgehead atoms. The van der Waals surface area contributed by atoms with Gasteiger partial charge in [-0.15, -0.1) is 11.8 Å². The molecular weight excluding hydrogens is 313 g/mol. The van der Waals surface area contributed by atoms with E-state index in [1.807, 2.05) is 24.3 Å². The number of hydrogen-bond donors (Lipinski definition) is 1. The van der Waals surface area contributed by atoms with Crippen molar-refractivity contribution in [1.82, 2.24) is 14.9 Å². The van der Waals surface area contributed by atoms with Crippen molar-refractivity contribution in [1.29, 1.82) is 0 Å². The Morgan fingerprint density at radius 1 is 1.22 bits per heavy atom. The van der Waals surface area contributed by atoms with Gasteiger partial charge in [0.05, 0.1) is 23.3 Å². The zero-order chi connectivity index (χ0) is 15.8. The first-order chi connectivity index (χ1) is 11.2. The van der Waals surface area contributed by atoms with E-state index in [-0.39, 0.29) is 17.1 Å². The minimum Gasteiger partial charge on any atom is -0.340 e. The van der Waals surface area contributed by atoms with Crippen molar-refractivity contribution in [3.63, 3.8) is 0 Å². The smallest absolute Gasteiger partial charge is 0.234 e. The number of aromatic amines is 1. The van der Waals surface area contributed by atoms with Crippen LogP contribution >= 0.6 is 11.8 Å². The first kappa shape index (κ1) is 14.3. The van der Waals surface area contributed by atoms with E-state index < -0.39 is 0 Å². The molecule has 1 saturated heterocycles. The number of aromatic nitrogens is 2. The van der Waals surface area contributed by atoms with E-state index in [0.29, 0.717) is 12.3 Å². The van der Waals surface area contributed by atoms with Crippen LogP contribution in [0, 0.1) is 5.82 Å². The fourth-order valence-corrected chi connectivity index (χ4v) is 3.96. The Morgan fingerprint density at radius 3 is 2.78 bits per heavy atom. The highest BCUT2D eigenvalue weighted by Gasteiger charge is 2.33. The summed E-state index contributed by atoms with van der Waals surface area (Å²) < 4.78 is 13.1. The number of carbonyl (C=O) groups is 1. The predicted molar refractivity (Wildman–Crippen MR) is 88.2 cm³/mol. The van der Waals surface area contributed by atoms with Crippen LogP contribution < -0.4 is 0 Å². The number of fused-ring (bicyclic) bond motifs is 1. The number of thioether (sulfide) groups is 1. The van der Waals surface area contributed by atoms with Crippen molar-refractivity contribution in [2.24, 2.45) is 0 Å². The Bertz CT molecular complexity index is 829. The number of hydrogen-bond acceptors (Lipinski definition) is 3. The van der Waals surface area contributed by atoms with Gasteiger partial charge in [-0.2, -0.15) is 0 Å². The number of nitrogens with one attached hydrogen (secondary N) is 1. The summed E-state index contributed by atoms with van der Waals surface area (Å²) >= 11 is 1.56. The Morgan fingerprint density at radius 2 is 2.00 bits per heavy atom. The second-order valence-corrected chi connectivity index (χ2v) is 6.51. The molecule has 6 heteroatoms. The van der Waals surface area contributed by atoms with E-state index in [1.54, 1.807) is 28.8 Å². The lowest BCUT2D eigenvalue weighted by molar-refractivity contribution is -0.128. The zero-order valence-electron chi connectivity index (χ0n) is 12.2. The van der Waals surface area contributed by atoms with Gasteiger partial charge in [0.1, 0.15) is 17.0 Å². The molecule has 2 heterocycles. The SMILES string of the molecule is O=C1CSC(c2ccc(F)cc2)N1Cc1nc2ccccc2[nH]1. The Labute approximate surface area is 136 Å². The third-order valence-corrected chi connectivity index (χ3v) is 5.14. The molecule has 2 aromatic carbocycles. The van der Waals surface area contributed by atoms with Crippen molar-refractivity contribution in [3.8, 4) is 0 Å². The molecule has 116 valence electrons. The predicted octanol–water partition coefficient (Wildman–Crippen LogP) is 3.48. The number of imidazole rings is 1. The van der Waals surface area contributed by atoms with Crippen LogP contribution in [-0.4, -0.2) is 26.5 Å². The topological polar surface area (TPSA) is 49.0 Å². The van der Waals surface area contributed by atoms with Crippen LogP contribution in [0.5, 0.6) is 0 Å². The van der Waals surface area contributed by atoms with Crippen molar-refractivity contribution in [3.05, 3.63) is 65.7 Å². The highest BCUT2D eigenvalue weighted by atomic mass is 32.2. The maximum absolute atomic E-state index is 13.1. The number of para-hydroxylation sites is 2. The number of rotatable bonds is 3. The van der Waals surface area contributed by atoms with Gasteiger partial charge in [0, 0.05) is 0 Å². The van der Waals surface area contributed by atoms with Gasteiger partial charge >= 0.3 is 0 Å². The lowest BCUT2D eigenvalue weighted by atomic mass is 10.2. The molecule has 1 atom stereocenters. The van der Waals surface area contributed by atoms with Gasteiger partial charge in [-0.05, 0) is 29.8 Å². The fourth-order valence-electron chi connectivity index (χ4n) is 2.77. The van der Waals surface area contributed by atoms with Crippen LogP contribution in [0.4, 0.5) is 4.39 Å². The standard InChI is InChI=1S/C17H14FN3OS/c18-12-7-5-11(6-8-12)17-21(16(22)10-23-17)9-15-19-13-3-1-2-4-14(13)20-15/h1-8,17H,9-10H2,(H,19,20). The van der Waals surface area contributed by atoms with Gasteiger partial charge in [-0.25, -0.2) is 9.37 Å². The quantitative estimate of drug-likeness (QED) is 0.801. The molecule has 1 aliphatic rings. The minimum atomic E-state index is -0.271. The van der Waals surface area contributed by atoms with E-state index in [0.717, 1.165) is 22.4 Å². The van der Waals surface area contributed by atoms with Gasteiger partial charge in [0.25, 0.3) is 0 Å². The van der Waals surface area contributed by atoms with Crippen LogP contribution in [0.15, 0.2) is 48.5 Å². The fraction of sp³-hybridized carbons (Fsp3) is 0.176. The normalized spacial score (nSPS) is 18.0. The average molecular weight is 327 g/mol. The van der Waals surface area contributed by atoms with Crippen LogP contribution in [0.2, 0.25) is 0 Å². The Kier molecular flexibility index (Phi) is 3.53.